The van der Waals surface area contributed by atoms with Crippen molar-refractivity contribution in [2.45, 2.75) is 181 Å². The Labute approximate surface area is 385 Å². The molecule has 0 heterocycles. The second kappa shape index (κ2) is 49.9. The first-order valence-corrected chi connectivity index (χ1v) is 24.5. The molecule has 0 aliphatic heterocycles. The molecule has 350 valence electrons. The first kappa shape index (κ1) is 58.3. The molecule has 6 nitrogen and oxygen atoms in total. The SMILES string of the molecule is CC\C=C/C=C\C=C/C=C\C=C\C=C/CCCCCC(=O)OCC(COC(=O)CCCCC\C=C/C=C\C=C/C=C\CC)OC(=O)CCCCCCCC/C=C\C=C/CCCCC. The summed E-state index contributed by atoms with van der Waals surface area (Å²) in [7, 11) is 0. The van der Waals surface area contributed by atoms with E-state index in [9.17, 15) is 14.4 Å². The molecule has 0 fully saturated rings. The Morgan fingerprint density at radius 3 is 1.00 bits per heavy atom. The van der Waals surface area contributed by atoms with Crippen LogP contribution in [0.4, 0.5) is 0 Å². The summed E-state index contributed by atoms with van der Waals surface area (Å²) in [5, 5.41) is 0. The molecule has 0 saturated carbocycles. The van der Waals surface area contributed by atoms with Crippen LogP contribution in [0, 0.1) is 0 Å². The number of hydrogen-bond donors (Lipinski definition) is 0. The minimum atomic E-state index is -0.825. The summed E-state index contributed by atoms with van der Waals surface area (Å²) in [6.07, 6.45) is 71.1. The molecule has 0 aromatic carbocycles. The number of unbranched alkanes of at least 4 members (excludes halogenated alkanes) is 15. The van der Waals surface area contributed by atoms with Gasteiger partial charge in [-0.25, -0.2) is 0 Å². The lowest BCUT2D eigenvalue weighted by Crippen LogP contribution is -2.30. The maximum atomic E-state index is 12.8. The molecule has 0 saturated heterocycles. The van der Waals surface area contributed by atoms with Crippen LogP contribution in [0.25, 0.3) is 0 Å². The third kappa shape index (κ3) is 48.2. The van der Waals surface area contributed by atoms with Crippen molar-refractivity contribution < 1.29 is 28.6 Å². The molecule has 0 aliphatic rings. The number of hydrogen-bond acceptors (Lipinski definition) is 6. The van der Waals surface area contributed by atoms with Crippen molar-refractivity contribution in [3.63, 3.8) is 0 Å². The Morgan fingerprint density at radius 1 is 0.333 bits per heavy atom. The van der Waals surface area contributed by atoms with E-state index < -0.39 is 6.10 Å². The van der Waals surface area contributed by atoms with Crippen LogP contribution in [0.2, 0.25) is 0 Å². The van der Waals surface area contributed by atoms with Gasteiger partial charge in [0.15, 0.2) is 6.10 Å². The molecule has 0 aromatic rings. The lowest BCUT2D eigenvalue weighted by Gasteiger charge is -2.18. The smallest absolute Gasteiger partial charge is 0.306 e. The van der Waals surface area contributed by atoms with Gasteiger partial charge in [-0.1, -0.05) is 218 Å². The largest absolute Gasteiger partial charge is 0.462 e. The van der Waals surface area contributed by atoms with Gasteiger partial charge in [-0.3, -0.25) is 14.4 Å². The molecule has 0 radical (unpaired) electrons. The molecule has 6 heteroatoms. The van der Waals surface area contributed by atoms with E-state index in [1.54, 1.807) is 0 Å². The molecule has 63 heavy (non-hydrogen) atoms. The summed E-state index contributed by atoms with van der Waals surface area (Å²) in [5.74, 6) is -1.03. The van der Waals surface area contributed by atoms with Gasteiger partial charge in [0.1, 0.15) is 13.2 Å². The highest BCUT2D eigenvalue weighted by atomic mass is 16.6. The van der Waals surface area contributed by atoms with Crippen LogP contribution in [0.15, 0.2) is 146 Å². The van der Waals surface area contributed by atoms with Crippen molar-refractivity contribution >= 4 is 17.9 Å². The summed E-state index contributed by atoms with van der Waals surface area (Å²) in [4.78, 5) is 37.9. The second-order valence-electron chi connectivity index (χ2n) is 15.5. The molecular weight excluding hydrogens is 781 g/mol. The van der Waals surface area contributed by atoms with Crippen LogP contribution in [0.3, 0.4) is 0 Å². The molecule has 0 aliphatic carbocycles. The van der Waals surface area contributed by atoms with Gasteiger partial charge in [0.2, 0.25) is 0 Å². The zero-order valence-electron chi connectivity index (χ0n) is 39.8. The van der Waals surface area contributed by atoms with E-state index in [1.165, 1.54) is 32.1 Å². The lowest BCUT2D eigenvalue weighted by atomic mass is 10.1. The van der Waals surface area contributed by atoms with Crippen molar-refractivity contribution in [1.29, 1.82) is 0 Å². The maximum absolute atomic E-state index is 12.8. The third-order valence-electron chi connectivity index (χ3n) is 9.59. The highest BCUT2D eigenvalue weighted by Gasteiger charge is 2.19. The normalized spacial score (nSPS) is 13.4. The number of ether oxygens (including phenoxy) is 3. The van der Waals surface area contributed by atoms with Crippen molar-refractivity contribution in [3.05, 3.63) is 146 Å². The van der Waals surface area contributed by atoms with E-state index in [4.69, 9.17) is 14.2 Å². The average Bonchev–Trinajstić information content (AvgIpc) is 3.28. The van der Waals surface area contributed by atoms with E-state index in [0.717, 1.165) is 96.3 Å². The molecule has 0 rings (SSSR count). The van der Waals surface area contributed by atoms with Crippen molar-refractivity contribution in [1.82, 2.24) is 0 Å². The summed E-state index contributed by atoms with van der Waals surface area (Å²) in [5.41, 5.74) is 0. The van der Waals surface area contributed by atoms with Crippen LogP contribution >= 0.6 is 0 Å². The standard InChI is InChI=1S/C57H86O6/c1-4-7-10-13-16-19-22-25-27-28-30-32-35-38-41-44-47-50-56(59)62-53-54(52-61-55(58)49-46-43-40-37-34-31-24-21-18-15-12-9-6-3)63-57(60)51-48-45-42-39-36-33-29-26-23-20-17-14-11-8-5-2/h7,9-10,12-13,15-28,30-32,34-35,54H,4-6,8,11,14,29,33,36-53H2,1-3H3/b10-7-,12-9-,16-13-,18-15-,20-17-,22-19-,24-21-,26-23-,27-25-,30-28+,34-31-,35-32-. The predicted octanol–water partition coefficient (Wildman–Crippen LogP) is 16.1. The number of carbonyl (C=O) groups excluding carboxylic acids is 3. The number of rotatable bonds is 41. The minimum Gasteiger partial charge on any atom is -0.462 e. The van der Waals surface area contributed by atoms with Crippen LogP contribution in [0.1, 0.15) is 175 Å². The molecule has 0 spiro atoms. The van der Waals surface area contributed by atoms with Crippen LogP contribution in [-0.2, 0) is 28.6 Å². The Hall–Kier alpha value is -4.71. The third-order valence-corrected chi connectivity index (χ3v) is 9.59. The van der Waals surface area contributed by atoms with Gasteiger partial charge in [0.25, 0.3) is 0 Å². The highest BCUT2D eigenvalue weighted by molar-refractivity contribution is 5.71. The van der Waals surface area contributed by atoms with Gasteiger partial charge in [0, 0.05) is 19.3 Å². The Kier molecular flexibility index (Phi) is 46.2. The molecule has 0 aromatic heterocycles. The quantitative estimate of drug-likeness (QED) is 0.0264. The van der Waals surface area contributed by atoms with E-state index in [1.807, 2.05) is 97.2 Å². The molecule has 1 unspecified atom stereocenters. The van der Waals surface area contributed by atoms with Crippen molar-refractivity contribution in [2.24, 2.45) is 0 Å². The predicted molar refractivity (Wildman–Crippen MR) is 269 cm³/mol. The summed E-state index contributed by atoms with van der Waals surface area (Å²) in [6.45, 7) is 6.20. The summed E-state index contributed by atoms with van der Waals surface area (Å²) in [6, 6.07) is 0. The number of carbonyl (C=O) groups is 3. The lowest BCUT2D eigenvalue weighted by molar-refractivity contribution is -0.167. The summed E-state index contributed by atoms with van der Waals surface area (Å²) >= 11 is 0. The Morgan fingerprint density at radius 2 is 0.619 bits per heavy atom. The number of allylic oxidation sites excluding steroid dienone is 24. The van der Waals surface area contributed by atoms with Gasteiger partial charge in [0.05, 0.1) is 0 Å². The van der Waals surface area contributed by atoms with E-state index in [2.05, 4.69) is 69.4 Å². The first-order chi connectivity index (χ1) is 31.0. The molecule has 0 N–H and O–H groups in total. The fraction of sp³-hybridized carbons (Fsp3) is 0.526. The molecular formula is C57H86O6. The maximum Gasteiger partial charge on any atom is 0.306 e. The molecule has 0 amide bonds. The second-order valence-corrected chi connectivity index (χ2v) is 15.5. The Balaban J connectivity index is 4.60. The van der Waals surface area contributed by atoms with E-state index in [0.29, 0.717) is 12.8 Å². The zero-order valence-corrected chi connectivity index (χ0v) is 39.8. The first-order valence-electron chi connectivity index (χ1n) is 24.5. The van der Waals surface area contributed by atoms with Gasteiger partial charge in [-0.15, -0.1) is 0 Å². The zero-order chi connectivity index (χ0) is 45.8. The van der Waals surface area contributed by atoms with Gasteiger partial charge < -0.3 is 14.2 Å². The van der Waals surface area contributed by atoms with Gasteiger partial charge in [-0.05, 0) is 83.5 Å². The number of esters is 3. The summed E-state index contributed by atoms with van der Waals surface area (Å²) < 4.78 is 16.7. The minimum absolute atomic E-state index is 0.125. The van der Waals surface area contributed by atoms with Crippen LogP contribution in [0.5, 0.6) is 0 Å². The van der Waals surface area contributed by atoms with Crippen LogP contribution < -0.4 is 0 Å². The van der Waals surface area contributed by atoms with E-state index >= 15 is 0 Å². The van der Waals surface area contributed by atoms with Crippen LogP contribution in [-0.4, -0.2) is 37.2 Å². The van der Waals surface area contributed by atoms with Gasteiger partial charge in [-0.2, -0.15) is 0 Å². The Bertz CT molecular complexity index is 1460. The fourth-order valence-electron chi connectivity index (χ4n) is 5.94. The van der Waals surface area contributed by atoms with Crippen molar-refractivity contribution in [3.8, 4) is 0 Å². The van der Waals surface area contributed by atoms with Gasteiger partial charge >= 0.3 is 17.9 Å². The molecule has 1 atom stereocenters. The van der Waals surface area contributed by atoms with Crippen molar-refractivity contribution in [2.75, 3.05) is 13.2 Å². The van der Waals surface area contributed by atoms with E-state index in [-0.39, 0.29) is 44.0 Å². The fourth-order valence-corrected chi connectivity index (χ4v) is 5.94. The molecule has 0 bridgehead atoms. The highest BCUT2D eigenvalue weighted by Crippen LogP contribution is 2.12. The average molecular weight is 867 g/mol. The topological polar surface area (TPSA) is 78.9 Å². The monoisotopic (exact) mass is 867 g/mol.